The number of fused-ring (bicyclic) bond motifs is 1. The van der Waals surface area contributed by atoms with Gasteiger partial charge in [0.1, 0.15) is 12.4 Å². The fourth-order valence-corrected chi connectivity index (χ4v) is 3.76. The number of nitrogens with one attached hydrogen (secondary N) is 1. The summed E-state index contributed by atoms with van der Waals surface area (Å²) in [4.78, 5) is 31.1. The number of benzene rings is 2. The average Bonchev–Trinajstić information content (AvgIpc) is 2.78. The number of nitrogens with zero attached hydrogens (tertiary/aromatic N) is 2. The van der Waals surface area contributed by atoms with Crippen LogP contribution in [0.15, 0.2) is 66.7 Å². The molecule has 6 heteroatoms. The summed E-state index contributed by atoms with van der Waals surface area (Å²) in [6, 6.07) is 21.3. The standard InChI is InChI=1S/C25H25N3O3/c1-18(29)15-28-13-12-22-21(16-28)14-23(24(26-22)20-10-6-3-7-11-20)27-25(30)31-17-19-8-4-2-5-9-19/h2-11,14H,12-13,15-17H2,1H3,(H,27,30). The van der Waals surface area contributed by atoms with Crippen molar-refractivity contribution in [3.63, 3.8) is 0 Å². The number of anilines is 1. The van der Waals surface area contributed by atoms with E-state index in [0.29, 0.717) is 18.8 Å². The molecule has 1 N–H and O–H groups in total. The molecule has 0 saturated heterocycles. The van der Waals surface area contributed by atoms with Crippen molar-refractivity contribution in [1.29, 1.82) is 0 Å². The normalized spacial score (nSPS) is 13.3. The number of pyridine rings is 1. The molecule has 1 aliphatic rings. The van der Waals surface area contributed by atoms with Gasteiger partial charge in [0.25, 0.3) is 0 Å². The van der Waals surface area contributed by atoms with Gasteiger partial charge in [0.05, 0.1) is 17.9 Å². The maximum Gasteiger partial charge on any atom is 0.412 e. The molecule has 2 aromatic carbocycles. The van der Waals surface area contributed by atoms with Gasteiger partial charge in [-0.1, -0.05) is 60.7 Å². The van der Waals surface area contributed by atoms with E-state index in [1.807, 2.05) is 66.7 Å². The number of hydrogen-bond acceptors (Lipinski definition) is 5. The van der Waals surface area contributed by atoms with E-state index in [1.54, 1.807) is 6.92 Å². The zero-order valence-corrected chi connectivity index (χ0v) is 17.5. The van der Waals surface area contributed by atoms with Crippen molar-refractivity contribution in [2.75, 3.05) is 18.4 Å². The fraction of sp³-hybridized carbons (Fsp3) is 0.240. The van der Waals surface area contributed by atoms with Crippen LogP contribution in [0.25, 0.3) is 11.3 Å². The molecule has 6 nitrogen and oxygen atoms in total. The highest BCUT2D eigenvalue weighted by atomic mass is 16.5. The van der Waals surface area contributed by atoms with Gasteiger partial charge in [0, 0.05) is 30.8 Å². The van der Waals surface area contributed by atoms with Crippen LogP contribution in [0.5, 0.6) is 0 Å². The number of ketones is 1. The molecule has 0 saturated carbocycles. The molecule has 1 aromatic heterocycles. The minimum atomic E-state index is -0.529. The summed E-state index contributed by atoms with van der Waals surface area (Å²) in [6.45, 7) is 3.63. The molecule has 2 heterocycles. The Labute approximate surface area is 181 Å². The highest BCUT2D eigenvalue weighted by molar-refractivity contribution is 5.90. The van der Waals surface area contributed by atoms with Crippen LogP contribution in [0.2, 0.25) is 0 Å². The number of carbonyl (C=O) groups excluding carboxylic acids is 2. The predicted octanol–water partition coefficient (Wildman–Crippen LogP) is 4.44. The number of rotatable bonds is 6. The first-order valence-electron chi connectivity index (χ1n) is 10.4. The molecule has 0 atom stereocenters. The Bertz CT molecular complexity index is 1070. The van der Waals surface area contributed by atoms with E-state index in [1.165, 1.54) is 0 Å². The summed E-state index contributed by atoms with van der Waals surface area (Å²) in [5, 5.41) is 2.88. The largest absolute Gasteiger partial charge is 0.444 e. The minimum absolute atomic E-state index is 0.139. The Hall–Kier alpha value is -3.51. The van der Waals surface area contributed by atoms with Gasteiger partial charge >= 0.3 is 6.09 Å². The maximum absolute atomic E-state index is 12.5. The van der Waals surface area contributed by atoms with Crippen molar-refractivity contribution in [2.24, 2.45) is 0 Å². The first kappa shape index (κ1) is 20.8. The second-order valence-electron chi connectivity index (χ2n) is 7.71. The second kappa shape index (κ2) is 9.53. The lowest BCUT2D eigenvalue weighted by Gasteiger charge is -2.28. The number of hydrogen-bond donors (Lipinski definition) is 1. The van der Waals surface area contributed by atoms with Crippen molar-refractivity contribution in [3.8, 4) is 11.3 Å². The molecule has 0 aliphatic carbocycles. The van der Waals surface area contributed by atoms with Gasteiger partial charge in [-0.15, -0.1) is 0 Å². The summed E-state index contributed by atoms with van der Waals surface area (Å²) in [5.41, 5.74) is 5.19. The van der Waals surface area contributed by atoms with Crippen LogP contribution < -0.4 is 5.32 Å². The van der Waals surface area contributed by atoms with Gasteiger partial charge in [0.2, 0.25) is 0 Å². The van der Waals surface area contributed by atoms with Gasteiger partial charge in [-0.3, -0.25) is 20.0 Å². The molecule has 0 fully saturated rings. The predicted molar refractivity (Wildman–Crippen MR) is 120 cm³/mol. The Morgan fingerprint density at radius 1 is 1.06 bits per heavy atom. The Kier molecular flexibility index (Phi) is 6.38. The highest BCUT2D eigenvalue weighted by Crippen LogP contribution is 2.31. The number of Topliss-reactive ketones (excluding diaryl/α,β-unsaturated/α-hetero) is 1. The molecule has 0 bridgehead atoms. The van der Waals surface area contributed by atoms with Gasteiger partial charge in [0.15, 0.2) is 0 Å². The third-order valence-electron chi connectivity index (χ3n) is 5.19. The van der Waals surface area contributed by atoms with Gasteiger partial charge in [-0.25, -0.2) is 4.79 Å². The van der Waals surface area contributed by atoms with Crippen LogP contribution in [0.4, 0.5) is 10.5 Å². The number of aromatic nitrogens is 1. The molecule has 158 valence electrons. The Balaban J connectivity index is 1.58. The molecular formula is C25H25N3O3. The molecule has 0 radical (unpaired) electrons. The smallest absolute Gasteiger partial charge is 0.412 e. The van der Waals surface area contributed by atoms with Crippen LogP contribution >= 0.6 is 0 Å². The summed E-state index contributed by atoms with van der Waals surface area (Å²) < 4.78 is 5.41. The summed E-state index contributed by atoms with van der Waals surface area (Å²) in [5.74, 6) is 0.139. The minimum Gasteiger partial charge on any atom is -0.444 e. The topological polar surface area (TPSA) is 71.5 Å². The van der Waals surface area contributed by atoms with Crippen LogP contribution in [-0.2, 0) is 29.1 Å². The number of ether oxygens (including phenoxy) is 1. The zero-order chi connectivity index (χ0) is 21.6. The summed E-state index contributed by atoms with van der Waals surface area (Å²) >= 11 is 0. The van der Waals surface area contributed by atoms with Crippen LogP contribution in [0, 0.1) is 0 Å². The fourth-order valence-electron chi connectivity index (χ4n) is 3.76. The van der Waals surface area contributed by atoms with Crippen molar-refractivity contribution in [1.82, 2.24) is 9.88 Å². The van der Waals surface area contributed by atoms with E-state index in [4.69, 9.17) is 9.72 Å². The monoisotopic (exact) mass is 415 g/mol. The molecule has 4 rings (SSSR count). The van der Waals surface area contributed by atoms with Crippen LogP contribution in [0.1, 0.15) is 23.7 Å². The molecule has 0 spiro atoms. The first-order valence-corrected chi connectivity index (χ1v) is 10.4. The van der Waals surface area contributed by atoms with Crippen molar-refractivity contribution in [2.45, 2.75) is 26.5 Å². The molecular weight excluding hydrogens is 390 g/mol. The molecule has 3 aromatic rings. The van der Waals surface area contributed by atoms with E-state index >= 15 is 0 Å². The highest BCUT2D eigenvalue weighted by Gasteiger charge is 2.22. The third kappa shape index (κ3) is 5.35. The molecule has 0 unspecified atom stereocenters. The maximum atomic E-state index is 12.5. The number of carbonyl (C=O) groups is 2. The lowest BCUT2D eigenvalue weighted by Crippen LogP contribution is -2.34. The van der Waals surface area contributed by atoms with E-state index in [9.17, 15) is 9.59 Å². The number of amides is 1. The van der Waals surface area contributed by atoms with E-state index < -0.39 is 6.09 Å². The van der Waals surface area contributed by atoms with Gasteiger partial charge in [-0.2, -0.15) is 0 Å². The Morgan fingerprint density at radius 2 is 1.77 bits per heavy atom. The average molecular weight is 415 g/mol. The van der Waals surface area contributed by atoms with Gasteiger partial charge < -0.3 is 4.74 Å². The molecule has 1 amide bonds. The van der Waals surface area contributed by atoms with E-state index in [2.05, 4.69) is 10.2 Å². The quantitative estimate of drug-likeness (QED) is 0.644. The van der Waals surface area contributed by atoms with Crippen molar-refractivity contribution >= 4 is 17.6 Å². The molecule has 1 aliphatic heterocycles. The summed E-state index contributed by atoms with van der Waals surface area (Å²) in [7, 11) is 0. The molecule has 31 heavy (non-hydrogen) atoms. The first-order chi connectivity index (χ1) is 15.1. The van der Waals surface area contributed by atoms with Crippen molar-refractivity contribution in [3.05, 3.63) is 83.6 Å². The van der Waals surface area contributed by atoms with Crippen LogP contribution in [-0.4, -0.2) is 34.8 Å². The van der Waals surface area contributed by atoms with Crippen LogP contribution in [0.3, 0.4) is 0 Å². The third-order valence-corrected chi connectivity index (χ3v) is 5.19. The second-order valence-corrected chi connectivity index (χ2v) is 7.71. The van der Waals surface area contributed by atoms with Crippen molar-refractivity contribution < 1.29 is 14.3 Å². The zero-order valence-electron chi connectivity index (χ0n) is 17.5. The summed E-state index contributed by atoms with van der Waals surface area (Å²) in [6.07, 6.45) is 0.237. The van der Waals surface area contributed by atoms with Gasteiger partial charge in [-0.05, 0) is 24.1 Å². The SMILES string of the molecule is CC(=O)CN1CCc2nc(-c3ccccc3)c(NC(=O)OCc3ccccc3)cc2C1. The Morgan fingerprint density at radius 3 is 2.48 bits per heavy atom. The lowest BCUT2D eigenvalue weighted by atomic mass is 10.0. The van der Waals surface area contributed by atoms with E-state index in [-0.39, 0.29) is 12.4 Å². The van der Waals surface area contributed by atoms with E-state index in [0.717, 1.165) is 41.0 Å². The lowest BCUT2D eigenvalue weighted by molar-refractivity contribution is -0.118.